The number of carbonyl (C=O) groups excluding carboxylic acids is 2. The predicted molar refractivity (Wildman–Crippen MR) is 131 cm³/mol. The molecule has 2 amide bonds. The highest BCUT2D eigenvalue weighted by Crippen LogP contribution is 2.38. The lowest BCUT2D eigenvalue weighted by atomic mass is 9.93. The Morgan fingerprint density at radius 2 is 1.91 bits per heavy atom. The second kappa shape index (κ2) is 10.7. The SMILES string of the molecule is CCC(C)N(CC(=O)N1CCc2sccc2C1c1ccccc1)C(=O)CCC1CCCC1. The van der Waals surface area contributed by atoms with E-state index in [1.54, 1.807) is 11.3 Å². The summed E-state index contributed by atoms with van der Waals surface area (Å²) in [5, 5.41) is 2.13. The Morgan fingerprint density at radius 3 is 2.62 bits per heavy atom. The number of carbonyl (C=O) groups is 2. The van der Waals surface area contributed by atoms with Gasteiger partial charge < -0.3 is 9.80 Å². The topological polar surface area (TPSA) is 40.6 Å². The third-order valence-electron chi connectivity index (χ3n) is 7.39. The fraction of sp³-hybridized carbons (Fsp3) is 0.556. The third-order valence-corrected chi connectivity index (χ3v) is 8.39. The van der Waals surface area contributed by atoms with E-state index in [-0.39, 0.29) is 30.4 Å². The van der Waals surface area contributed by atoms with Crippen LogP contribution in [-0.4, -0.2) is 40.7 Å². The third kappa shape index (κ3) is 5.09. The molecule has 5 heteroatoms. The van der Waals surface area contributed by atoms with Crippen molar-refractivity contribution in [3.05, 3.63) is 57.8 Å². The molecular formula is C27H36N2O2S. The van der Waals surface area contributed by atoms with Gasteiger partial charge in [-0.1, -0.05) is 62.9 Å². The van der Waals surface area contributed by atoms with Crippen molar-refractivity contribution in [2.45, 2.75) is 77.3 Å². The Hall–Kier alpha value is -2.14. The van der Waals surface area contributed by atoms with Crippen LogP contribution in [0.3, 0.4) is 0 Å². The van der Waals surface area contributed by atoms with Crippen LogP contribution in [0.5, 0.6) is 0 Å². The molecule has 1 aromatic carbocycles. The van der Waals surface area contributed by atoms with Crippen molar-refractivity contribution in [1.29, 1.82) is 0 Å². The normalized spacial score (nSPS) is 19.6. The van der Waals surface area contributed by atoms with Gasteiger partial charge in [0.05, 0.1) is 6.04 Å². The fourth-order valence-electron chi connectivity index (χ4n) is 5.30. The number of benzene rings is 1. The molecule has 4 nitrogen and oxygen atoms in total. The average Bonchev–Trinajstić information content (AvgIpc) is 3.52. The number of rotatable bonds is 8. The van der Waals surface area contributed by atoms with Crippen molar-refractivity contribution in [3.63, 3.8) is 0 Å². The van der Waals surface area contributed by atoms with Crippen LogP contribution in [0, 0.1) is 5.92 Å². The first-order chi connectivity index (χ1) is 15.6. The molecule has 1 aliphatic carbocycles. The van der Waals surface area contributed by atoms with E-state index in [4.69, 9.17) is 0 Å². The number of nitrogens with zero attached hydrogens (tertiary/aromatic N) is 2. The maximum atomic E-state index is 13.6. The summed E-state index contributed by atoms with van der Waals surface area (Å²) >= 11 is 1.78. The molecule has 0 radical (unpaired) electrons. The minimum atomic E-state index is -0.0638. The van der Waals surface area contributed by atoms with Gasteiger partial charge in [-0.2, -0.15) is 0 Å². The molecule has 1 aromatic heterocycles. The van der Waals surface area contributed by atoms with Crippen LogP contribution in [-0.2, 0) is 16.0 Å². The standard InChI is InChI=1S/C27H36N2O2S/c1-3-20(2)29(25(30)14-13-21-9-7-8-10-21)19-26(31)28-17-15-24-23(16-18-32-24)27(28)22-11-5-4-6-12-22/h4-6,11-12,16,18,20-21,27H,3,7-10,13-15,17,19H2,1-2H3. The highest BCUT2D eigenvalue weighted by atomic mass is 32.1. The molecule has 1 fully saturated rings. The maximum Gasteiger partial charge on any atom is 0.243 e. The van der Waals surface area contributed by atoms with E-state index < -0.39 is 0 Å². The van der Waals surface area contributed by atoms with Gasteiger partial charge in [-0.05, 0) is 54.7 Å². The molecular weight excluding hydrogens is 416 g/mol. The molecule has 0 spiro atoms. The molecule has 1 saturated carbocycles. The van der Waals surface area contributed by atoms with Crippen molar-refractivity contribution in [2.24, 2.45) is 5.92 Å². The number of fused-ring (bicyclic) bond motifs is 1. The van der Waals surface area contributed by atoms with E-state index >= 15 is 0 Å². The molecule has 0 bridgehead atoms. The van der Waals surface area contributed by atoms with Crippen molar-refractivity contribution in [1.82, 2.24) is 9.80 Å². The largest absolute Gasteiger partial charge is 0.331 e. The molecule has 0 saturated heterocycles. The van der Waals surface area contributed by atoms with Gasteiger partial charge in [0.2, 0.25) is 11.8 Å². The van der Waals surface area contributed by atoms with E-state index in [1.165, 1.54) is 36.1 Å². The first-order valence-electron chi connectivity index (χ1n) is 12.3. The summed E-state index contributed by atoms with van der Waals surface area (Å²) in [6, 6.07) is 12.5. The van der Waals surface area contributed by atoms with Crippen molar-refractivity contribution in [3.8, 4) is 0 Å². The molecule has 1 aliphatic heterocycles. The minimum absolute atomic E-state index is 0.0604. The van der Waals surface area contributed by atoms with E-state index in [9.17, 15) is 9.59 Å². The van der Waals surface area contributed by atoms with Crippen LogP contribution in [0.1, 0.15) is 80.8 Å². The van der Waals surface area contributed by atoms with Gasteiger partial charge in [-0.3, -0.25) is 9.59 Å². The molecule has 2 heterocycles. The van der Waals surface area contributed by atoms with E-state index in [0.29, 0.717) is 18.9 Å². The Balaban J connectivity index is 1.50. The molecule has 2 aromatic rings. The zero-order chi connectivity index (χ0) is 22.5. The summed E-state index contributed by atoms with van der Waals surface area (Å²) in [4.78, 5) is 32.1. The summed E-state index contributed by atoms with van der Waals surface area (Å²) in [5.41, 5.74) is 2.38. The maximum absolute atomic E-state index is 13.6. The lowest BCUT2D eigenvalue weighted by Crippen LogP contribution is -2.49. The quantitative estimate of drug-likeness (QED) is 0.506. The summed E-state index contributed by atoms with van der Waals surface area (Å²) in [5.74, 6) is 0.893. The smallest absolute Gasteiger partial charge is 0.243 e. The zero-order valence-corrected chi connectivity index (χ0v) is 20.3. The van der Waals surface area contributed by atoms with Gasteiger partial charge in [0.1, 0.15) is 6.54 Å². The van der Waals surface area contributed by atoms with Crippen LogP contribution in [0.15, 0.2) is 41.8 Å². The monoisotopic (exact) mass is 452 g/mol. The van der Waals surface area contributed by atoms with Crippen LogP contribution in [0.4, 0.5) is 0 Å². The van der Waals surface area contributed by atoms with Crippen LogP contribution in [0.25, 0.3) is 0 Å². The minimum Gasteiger partial charge on any atom is -0.331 e. The Morgan fingerprint density at radius 1 is 1.16 bits per heavy atom. The summed E-state index contributed by atoms with van der Waals surface area (Å²) in [7, 11) is 0. The zero-order valence-electron chi connectivity index (χ0n) is 19.5. The first kappa shape index (κ1) is 23.0. The van der Waals surface area contributed by atoms with Crippen molar-refractivity contribution >= 4 is 23.2 Å². The Kier molecular flexibility index (Phi) is 7.67. The first-order valence-corrected chi connectivity index (χ1v) is 13.2. The molecule has 2 atom stereocenters. The summed E-state index contributed by atoms with van der Waals surface area (Å²) < 4.78 is 0. The fourth-order valence-corrected chi connectivity index (χ4v) is 6.20. The Bertz CT molecular complexity index is 903. The second-order valence-electron chi connectivity index (χ2n) is 9.42. The van der Waals surface area contributed by atoms with Crippen molar-refractivity contribution < 1.29 is 9.59 Å². The van der Waals surface area contributed by atoms with Gasteiger partial charge in [-0.15, -0.1) is 11.3 Å². The predicted octanol–water partition coefficient (Wildman–Crippen LogP) is 5.82. The van der Waals surface area contributed by atoms with Crippen molar-refractivity contribution in [2.75, 3.05) is 13.1 Å². The molecule has 4 rings (SSSR count). The van der Waals surface area contributed by atoms with Gasteiger partial charge in [0.25, 0.3) is 0 Å². The number of hydrogen-bond donors (Lipinski definition) is 0. The Labute approximate surface area is 196 Å². The molecule has 0 N–H and O–H groups in total. The number of amides is 2. The van der Waals surface area contributed by atoms with E-state index in [1.807, 2.05) is 28.0 Å². The molecule has 32 heavy (non-hydrogen) atoms. The number of hydrogen-bond acceptors (Lipinski definition) is 3. The van der Waals surface area contributed by atoms with Gasteiger partial charge >= 0.3 is 0 Å². The second-order valence-corrected chi connectivity index (χ2v) is 10.4. The van der Waals surface area contributed by atoms with Gasteiger partial charge in [0, 0.05) is 23.9 Å². The molecule has 2 aliphatic rings. The van der Waals surface area contributed by atoms with E-state index in [2.05, 4.69) is 37.4 Å². The van der Waals surface area contributed by atoms with Gasteiger partial charge in [0.15, 0.2) is 0 Å². The lowest BCUT2D eigenvalue weighted by Gasteiger charge is -2.38. The molecule has 172 valence electrons. The van der Waals surface area contributed by atoms with Gasteiger partial charge in [-0.25, -0.2) is 0 Å². The van der Waals surface area contributed by atoms with E-state index in [0.717, 1.165) is 24.8 Å². The summed E-state index contributed by atoms with van der Waals surface area (Å²) in [6.45, 7) is 5.05. The van der Waals surface area contributed by atoms with Crippen LogP contribution >= 0.6 is 11.3 Å². The van der Waals surface area contributed by atoms with Crippen LogP contribution < -0.4 is 0 Å². The highest BCUT2D eigenvalue weighted by Gasteiger charge is 2.34. The average molecular weight is 453 g/mol. The highest BCUT2D eigenvalue weighted by molar-refractivity contribution is 7.10. The summed E-state index contributed by atoms with van der Waals surface area (Å²) in [6.07, 6.45) is 8.39. The molecule has 2 unspecified atom stereocenters. The number of thiophene rings is 1. The lowest BCUT2D eigenvalue weighted by molar-refractivity contribution is -0.143. The van der Waals surface area contributed by atoms with Crippen LogP contribution in [0.2, 0.25) is 0 Å².